The molecular formula is C19H16ClN3O. The summed E-state index contributed by atoms with van der Waals surface area (Å²) < 4.78 is 0. The Morgan fingerprint density at radius 3 is 2.54 bits per heavy atom. The molecule has 1 aromatic heterocycles. The number of carbonyl (C=O) groups is 1. The average molecular weight is 338 g/mol. The minimum atomic E-state index is -0.172. The van der Waals surface area contributed by atoms with E-state index >= 15 is 0 Å². The third-order valence-electron chi connectivity index (χ3n) is 3.45. The predicted molar refractivity (Wildman–Crippen MR) is 96.6 cm³/mol. The van der Waals surface area contributed by atoms with E-state index in [4.69, 9.17) is 11.6 Å². The van der Waals surface area contributed by atoms with Crippen molar-refractivity contribution in [1.82, 2.24) is 10.3 Å². The molecule has 0 saturated carbocycles. The highest BCUT2D eigenvalue weighted by Crippen LogP contribution is 2.24. The first-order valence-corrected chi connectivity index (χ1v) is 7.89. The Morgan fingerprint density at radius 1 is 1.00 bits per heavy atom. The van der Waals surface area contributed by atoms with Crippen LogP contribution in [0.1, 0.15) is 15.9 Å². The summed E-state index contributed by atoms with van der Waals surface area (Å²) in [4.78, 5) is 16.4. The molecule has 120 valence electrons. The second-order valence-electron chi connectivity index (χ2n) is 5.24. The zero-order valence-electron chi connectivity index (χ0n) is 12.9. The number of aromatic nitrogens is 1. The SMILES string of the molecule is O=C(NCc1ccccc1)c1cncc(Nc2ccccc2Cl)c1. The largest absolute Gasteiger partial charge is 0.353 e. The van der Waals surface area contributed by atoms with Crippen LogP contribution in [0, 0.1) is 0 Å². The Morgan fingerprint density at radius 2 is 1.75 bits per heavy atom. The number of hydrogen-bond acceptors (Lipinski definition) is 3. The topological polar surface area (TPSA) is 54.0 Å². The summed E-state index contributed by atoms with van der Waals surface area (Å²) in [5.41, 5.74) is 3.01. The standard InChI is InChI=1S/C19H16ClN3O/c20-17-8-4-5-9-18(17)23-16-10-15(12-21-13-16)19(24)22-11-14-6-2-1-3-7-14/h1-10,12-13,23H,11H2,(H,22,24). The third-order valence-corrected chi connectivity index (χ3v) is 3.78. The maximum atomic E-state index is 12.3. The molecule has 1 amide bonds. The molecule has 0 unspecified atom stereocenters. The van der Waals surface area contributed by atoms with Crippen molar-refractivity contribution in [1.29, 1.82) is 0 Å². The normalized spacial score (nSPS) is 10.2. The van der Waals surface area contributed by atoms with Crippen molar-refractivity contribution in [2.45, 2.75) is 6.54 Å². The first-order valence-electron chi connectivity index (χ1n) is 7.51. The van der Waals surface area contributed by atoms with Gasteiger partial charge in [-0.3, -0.25) is 9.78 Å². The molecule has 0 fully saturated rings. The van der Waals surface area contributed by atoms with Gasteiger partial charge >= 0.3 is 0 Å². The first-order chi connectivity index (χ1) is 11.7. The molecule has 4 nitrogen and oxygen atoms in total. The second-order valence-corrected chi connectivity index (χ2v) is 5.64. The quantitative estimate of drug-likeness (QED) is 0.725. The molecule has 5 heteroatoms. The summed E-state index contributed by atoms with van der Waals surface area (Å²) in [6.07, 6.45) is 3.19. The van der Waals surface area contributed by atoms with Crippen molar-refractivity contribution in [3.63, 3.8) is 0 Å². The van der Waals surface area contributed by atoms with E-state index < -0.39 is 0 Å². The number of pyridine rings is 1. The number of carbonyl (C=O) groups excluding carboxylic acids is 1. The van der Waals surface area contributed by atoms with E-state index in [0.717, 1.165) is 11.3 Å². The first kappa shape index (κ1) is 16.0. The molecule has 2 aromatic carbocycles. The summed E-state index contributed by atoms with van der Waals surface area (Å²) >= 11 is 6.13. The van der Waals surface area contributed by atoms with Gasteiger partial charge in [0.1, 0.15) is 0 Å². The number of anilines is 2. The van der Waals surface area contributed by atoms with Crippen molar-refractivity contribution in [2.75, 3.05) is 5.32 Å². The van der Waals surface area contributed by atoms with Gasteiger partial charge in [0.15, 0.2) is 0 Å². The maximum absolute atomic E-state index is 12.3. The summed E-state index contributed by atoms with van der Waals surface area (Å²) in [6, 6.07) is 18.9. The second kappa shape index (κ2) is 7.62. The Kier molecular flexibility index (Phi) is 5.08. The Bertz CT molecular complexity index is 837. The van der Waals surface area contributed by atoms with Crippen LogP contribution in [0.3, 0.4) is 0 Å². The number of para-hydroxylation sites is 1. The average Bonchev–Trinajstić information content (AvgIpc) is 2.63. The van der Waals surface area contributed by atoms with Crippen LogP contribution >= 0.6 is 11.6 Å². The molecule has 0 atom stereocenters. The van der Waals surface area contributed by atoms with Gasteiger partial charge in [-0.05, 0) is 23.8 Å². The van der Waals surface area contributed by atoms with Crippen LogP contribution in [-0.2, 0) is 6.54 Å². The molecule has 0 saturated heterocycles. The van der Waals surface area contributed by atoms with Crippen molar-refractivity contribution in [3.8, 4) is 0 Å². The lowest BCUT2D eigenvalue weighted by Gasteiger charge is -2.10. The van der Waals surface area contributed by atoms with E-state index in [-0.39, 0.29) is 5.91 Å². The van der Waals surface area contributed by atoms with Crippen LogP contribution in [0.4, 0.5) is 11.4 Å². The number of rotatable bonds is 5. The van der Waals surface area contributed by atoms with E-state index in [1.165, 1.54) is 6.20 Å². The van der Waals surface area contributed by atoms with E-state index in [0.29, 0.717) is 22.8 Å². The molecule has 0 spiro atoms. The van der Waals surface area contributed by atoms with Gasteiger partial charge in [0.25, 0.3) is 5.91 Å². The van der Waals surface area contributed by atoms with Crippen LogP contribution < -0.4 is 10.6 Å². The molecule has 0 aliphatic heterocycles. The monoisotopic (exact) mass is 337 g/mol. The van der Waals surface area contributed by atoms with Crippen LogP contribution in [0.2, 0.25) is 5.02 Å². The zero-order valence-corrected chi connectivity index (χ0v) is 13.6. The van der Waals surface area contributed by atoms with Gasteiger partial charge in [0.05, 0.1) is 28.2 Å². The van der Waals surface area contributed by atoms with Gasteiger partial charge < -0.3 is 10.6 Å². The molecular weight excluding hydrogens is 322 g/mol. The minimum absolute atomic E-state index is 0.172. The van der Waals surface area contributed by atoms with Crippen molar-refractivity contribution in [2.24, 2.45) is 0 Å². The molecule has 0 bridgehead atoms. The van der Waals surface area contributed by atoms with Gasteiger partial charge in [-0.25, -0.2) is 0 Å². The molecule has 24 heavy (non-hydrogen) atoms. The summed E-state index contributed by atoms with van der Waals surface area (Å²) in [5, 5.41) is 6.66. The number of hydrogen-bond donors (Lipinski definition) is 2. The van der Waals surface area contributed by atoms with E-state index in [1.807, 2.05) is 48.5 Å². The number of halogens is 1. The number of nitrogens with zero attached hydrogens (tertiary/aromatic N) is 1. The third kappa shape index (κ3) is 4.12. The van der Waals surface area contributed by atoms with E-state index in [1.54, 1.807) is 18.3 Å². The summed E-state index contributed by atoms with van der Waals surface area (Å²) in [6.45, 7) is 0.474. The highest BCUT2D eigenvalue weighted by atomic mass is 35.5. The highest BCUT2D eigenvalue weighted by Gasteiger charge is 2.08. The molecule has 2 N–H and O–H groups in total. The number of amides is 1. The molecule has 0 aliphatic carbocycles. The molecule has 3 rings (SSSR count). The summed E-state index contributed by atoms with van der Waals surface area (Å²) in [7, 11) is 0. The smallest absolute Gasteiger partial charge is 0.253 e. The fraction of sp³-hybridized carbons (Fsp3) is 0.0526. The lowest BCUT2D eigenvalue weighted by molar-refractivity contribution is 0.0950. The molecule has 0 radical (unpaired) electrons. The van der Waals surface area contributed by atoms with Crippen LogP contribution in [0.25, 0.3) is 0 Å². The highest BCUT2D eigenvalue weighted by molar-refractivity contribution is 6.33. The van der Waals surface area contributed by atoms with Gasteiger partial charge in [-0.2, -0.15) is 0 Å². The Balaban J connectivity index is 1.68. The number of nitrogens with one attached hydrogen (secondary N) is 2. The van der Waals surface area contributed by atoms with Gasteiger partial charge in [-0.1, -0.05) is 54.1 Å². The fourth-order valence-electron chi connectivity index (χ4n) is 2.23. The van der Waals surface area contributed by atoms with Crippen molar-refractivity contribution >= 4 is 28.9 Å². The lowest BCUT2D eigenvalue weighted by atomic mass is 10.2. The van der Waals surface area contributed by atoms with Crippen LogP contribution in [0.5, 0.6) is 0 Å². The zero-order chi connectivity index (χ0) is 16.8. The Labute approximate surface area is 145 Å². The molecule has 1 heterocycles. The van der Waals surface area contributed by atoms with E-state index in [2.05, 4.69) is 15.6 Å². The van der Waals surface area contributed by atoms with Gasteiger partial charge in [-0.15, -0.1) is 0 Å². The van der Waals surface area contributed by atoms with Crippen molar-refractivity contribution < 1.29 is 4.79 Å². The lowest BCUT2D eigenvalue weighted by Crippen LogP contribution is -2.22. The molecule has 0 aliphatic rings. The molecule has 3 aromatic rings. The fourth-order valence-corrected chi connectivity index (χ4v) is 2.41. The Hall–Kier alpha value is -2.85. The maximum Gasteiger partial charge on any atom is 0.253 e. The van der Waals surface area contributed by atoms with Gasteiger partial charge in [0.2, 0.25) is 0 Å². The van der Waals surface area contributed by atoms with Crippen LogP contribution in [-0.4, -0.2) is 10.9 Å². The minimum Gasteiger partial charge on any atom is -0.353 e. The number of benzene rings is 2. The summed E-state index contributed by atoms with van der Waals surface area (Å²) in [5.74, 6) is -0.172. The van der Waals surface area contributed by atoms with Crippen molar-refractivity contribution in [3.05, 3.63) is 89.2 Å². The van der Waals surface area contributed by atoms with Crippen LogP contribution in [0.15, 0.2) is 73.1 Å². The predicted octanol–water partition coefficient (Wildman–Crippen LogP) is 4.41. The van der Waals surface area contributed by atoms with Gasteiger partial charge in [0, 0.05) is 12.7 Å². The van der Waals surface area contributed by atoms with E-state index in [9.17, 15) is 4.79 Å².